The van der Waals surface area contributed by atoms with E-state index in [2.05, 4.69) is 22.8 Å². The van der Waals surface area contributed by atoms with Gasteiger partial charge in [-0.25, -0.2) is 5.10 Å². The van der Waals surface area contributed by atoms with Gasteiger partial charge in [0.25, 0.3) is 5.56 Å². The fourth-order valence-corrected chi connectivity index (χ4v) is 1.68. The maximum absolute atomic E-state index is 11.4. The molecule has 2 rings (SSSR count). The molecule has 0 unspecified atom stereocenters. The Morgan fingerprint density at radius 2 is 2.21 bits per heavy atom. The first-order valence-electron chi connectivity index (χ1n) is 4.42. The predicted octanol–water partition coefficient (Wildman–Crippen LogP) is 1.77. The maximum atomic E-state index is 11.4. The first-order valence-corrected chi connectivity index (χ1v) is 4.87. The number of rotatable bonds is 1. The highest BCUT2D eigenvalue weighted by Crippen LogP contribution is 2.17. The molecule has 0 saturated heterocycles. The number of fused-ring (bicyclic) bond motifs is 1. The lowest BCUT2D eigenvalue weighted by molar-refractivity contribution is 0.918. The van der Waals surface area contributed by atoms with Crippen molar-refractivity contribution in [1.82, 2.24) is 10.2 Å². The minimum Gasteiger partial charge on any atom is -0.267 e. The third-order valence-electron chi connectivity index (χ3n) is 2.19. The van der Waals surface area contributed by atoms with E-state index in [1.165, 1.54) is 0 Å². The second-order valence-electron chi connectivity index (χ2n) is 3.08. The Kier molecular flexibility index (Phi) is 2.29. The second-order valence-corrected chi connectivity index (χ2v) is 3.60. The van der Waals surface area contributed by atoms with Gasteiger partial charge in [0.05, 0.1) is 11.1 Å². The molecule has 0 atom stereocenters. The molecule has 1 N–H and O–H groups in total. The minimum atomic E-state index is -0.148. The summed E-state index contributed by atoms with van der Waals surface area (Å²) in [5.41, 5.74) is 0.751. The summed E-state index contributed by atoms with van der Waals surface area (Å²) < 4.78 is 0. The van der Waals surface area contributed by atoms with E-state index in [0.29, 0.717) is 5.39 Å². The fraction of sp³-hybridized carbons (Fsp3) is 0.200. The molecule has 0 bridgehead atoms. The predicted molar refractivity (Wildman–Crippen MR) is 59.0 cm³/mol. The number of thiol groups is 1. The van der Waals surface area contributed by atoms with Crippen LogP contribution in [-0.4, -0.2) is 10.2 Å². The Morgan fingerprint density at radius 3 is 2.93 bits per heavy atom. The zero-order chi connectivity index (χ0) is 10.1. The molecule has 0 radical (unpaired) electrons. The summed E-state index contributed by atoms with van der Waals surface area (Å²) in [7, 11) is 0. The molecule has 3 nitrogen and oxygen atoms in total. The van der Waals surface area contributed by atoms with Crippen LogP contribution in [-0.2, 0) is 6.42 Å². The molecule has 4 heteroatoms. The molecule has 0 spiro atoms. The first-order chi connectivity index (χ1) is 6.72. The Bertz CT molecular complexity index is 533. The molecule has 14 heavy (non-hydrogen) atoms. The van der Waals surface area contributed by atoms with E-state index in [1.54, 1.807) is 12.1 Å². The average Bonchev–Trinajstić information content (AvgIpc) is 2.18. The summed E-state index contributed by atoms with van der Waals surface area (Å²) in [5.74, 6) is 0. The molecule has 1 aromatic carbocycles. The van der Waals surface area contributed by atoms with Gasteiger partial charge < -0.3 is 0 Å². The van der Waals surface area contributed by atoms with Crippen LogP contribution in [0.5, 0.6) is 0 Å². The van der Waals surface area contributed by atoms with Crippen molar-refractivity contribution in [3.8, 4) is 0 Å². The van der Waals surface area contributed by atoms with Crippen molar-refractivity contribution in [2.75, 3.05) is 0 Å². The Hall–Kier alpha value is -1.29. The van der Waals surface area contributed by atoms with Gasteiger partial charge in [0.2, 0.25) is 0 Å². The standard InChI is InChI=1S/C10H10N2OS/c1-2-9-8-5-6(14)3-4-7(8)10(13)12-11-9/h3-5,14H,2H2,1H3,(H,12,13). The molecule has 72 valence electrons. The summed E-state index contributed by atoms with van der Waals surface area (Å²) in [6, 6.07) is 5.46. The topological polar surface area (TPSA) is 45.8 Å². The van der Waals surface area contributed by atoms with E-state index in [1.807, 2.05) is 13.0 Å². The molecule has 0 aliphatic heterocycles. The number of aryl methyl sites for hydroxylation is 1. The van der Waals surface area contributed by atoms with Gasteiger partial charge in [-0.05, 0) is 24.6 Å². The van der Waals surface area contributed by atoms with Gasteiger partial charge in [-0.1, -0.05) is 6.92 Å². The van der Waals surface area contributed by atoms with Crippen LogP contribution < -0.4 is 5.56 Å². The van der Waals surface area contributed by atoms with E-state index in [0.717, 1.165) is 22.4 Å². The van der Waals surface area contributed by atoms with Crippen molar-refractivity contribution in [3.05, 3.63) is 34.2 Å². The van der Waals surface area contributed by atoms with Crippen LogP contribution in [0.4, 0.5) is 0 Å². The largest absolute Gasteiger partial charge is 0.272 e. The molecule has 0 aliphatic carbocycles. The van der Waals surface area contributed by atoms with E-state index in [9.17, 15) is 4.79 Å². The van der Waals surface area contributed by atoms with Gasteiger partial charge in [-0.3, -0.25) is 4.79 Å². The summed E-state index contributed by atoms with van der Waals surface area (Å²) in [6.45, 7) is 2.01. The van der Waals surface area contributed by atoms with Gasteiger partial charge in [0.1, 0.15) is 0 Å². The fourth-order valence-electron chi connectivity index (χ4n) is 1.48. The van der Waals surface area contributed by atoms with E-state index < -0.39 is 0 Å². The van der Waals surface area contributed by atoms with Crippen LogP contribution in [0.2, 0.25) is 0 Å². The van der Waals surface area contributed by atoms with Gasteiger partial charge in [-0.15, -0.1) is 12.6 Å². The van der Waals surface area contributed by atoms with Crippen LogP contribution in [0.25, 0.3) is 10.8 Å². The highest BCUT2D eigenvalue weighted by Gasteiger charge is 2.04. The van der Waals surface area contributed by atoms with Crippen molar-refractivity contribution in [3.63, 3.8) is 0 Å². The first kappa shape index (κ1) is 9.27. The third-order valence-corrected chi connectivity index (χ3v) is 2.46. The monoisotopic (exact) mass is 206 g/mol. The van der Waals surface area contributed by atoms with E-state index >= 15 is 0 Å². The molecule has 1 aromatic heterocycles. The molecule has 0 fully saturated rings. The summed E-state index contributed by atoms with van der Waals surface area (Å²) in [4.78, 5) is 12.3. The third kappa shape index (κ3) is 1.42. The number of benzene rings is 1. The molecule has 2 aromatic rings. The van der Waals surface area contributed by atoms with Crippen LogP contribution in [0.15, 0.2) is 27.9 Å². The lowest BCUT2D eigenvalue weighted by atomic mass is 10.1. The smallest absolute Gasteiger partial charge is 0.267 e. The molecular formula is C10H10N2OS. The number of nitrogens with zero attached hydrogens (tertiary/aromatic N) is 1. The SMILES string of the molecule is CCc1n[nH]c(=O)c2ccc(S)cc12. The average molecular weight is 206 g/mol. The summed E-state index contributed by atoms with van der Waals surface area (Å²) >= 11 is 4.24. The Balaban J connectivity index is 2.92. The van der Waals surface area contributed by atoms with Crippen molar-refractivity contribution in [2.24, 2.45) is 0 Å². The van der Waals surface area contributed by atoms with Gasteiger partial charge in [-0.2, -0.15) is 5.10 Å². The van der Waals surface area contributed by atoms with Gasteiger partial charge in [0, 0.05) is 10.3 Å². The molecule has 0 aliphatic rings. The zero-order valence-corrected chi connectivity index (χ0v) is 8.64. The lowest BCUT2D eigenvalue weighted by Gasteiger charge is -2.02. The lowest BCUT2D eigenvalue weighted by Crippen LogP contribution is -2.10. The number of H-pyrrole nitrogens is 1. The van der Waals surface area contributed by atoms with Crippen LogP contribution in [0.1, 0.15) is 12.6 Å². The van der Waals surface area contributed by atoms with Crippen LogP contribution in [0, 0.1) is 0 Å². The van der Waals surface area contributed by atoms with Crippen molar-refractivity contribution in [1.29, 1.82) is 0 Å². The van der Waals surface area contributed by atoms with Gasteiger partial charge >= 0.3 is 0 Å². The highest BCUT2D eigenvalue weighted by atomic mass is 32.1. The van der Waals surface area contributed by atoms with Crippen LogP contribution in [0.3, 0.4) is 0 Å². The van der Waals surface area contributed by atoms with E-state index in [4.69, 9.17) is 0 Å². The number of aromatic amines is 1. The Labute approximate surface area is 86.6 Å². The zero-order valence-electron chi connectivity index (χ0n) is 7.74. The maximum Gasteiger partial charge on any atom is 0.272 e. The molecule has 0 amide bonds. The number of hydrogen-bond donors (Lipinski definition) is 2. The van der Waals surface area contributed by atoms with Crippen LogP contribution >= 0.6 is 12.6 Å². The van der Waals surface area contributed by atoms with Crippen molar-refractivity contribution in [2.45, 2.75) is 18.2 Å². The second kappa shape index (κ2) is 3.46. The minimum absolute atomic E-state index is 0.148. The number of hydrogen-bond acceptors (Lipinski definition) is 3. The Morgan fingerprint density at radius 1 is 1.43 bits per heavy atom. The molecule has 1 heterocycles. The van der Waals surface area contributed by atoms with Crippen molar-refractivity contribution < 1.29 is 0 Å². The number of nitrogens with one attached hydrogen (secondary N) is 1. The summed E-state index contributed by atoms with van der Waals surface area (Å²) in [6.07, 6.45) is 0.796. The molecule has 0 saturated carbocycles. The normalized spacial score (nSPS) is 10.7. The quantitative estimate of drug-likeness (QED) is 0.698. The summed E-state index contributed by atoms with van der Waals surface area (Å²) in [5, 5.41) is 8.05. The van der Waals surface area contributed by atoms with Gasteiger partial charge in [0.15, 0.2) is 0 Å². The number of aromatic nitrogens is 2. The van der Waals surface area contributed by atoms with Crippen molar-refractivity contribution >= 4 is 23.4 Å². The van der Waals surface area contributed by atoms with E-state index in [-0.39, 0.29) is 5.56 Å². The highest BCUT2D eigenvalue weighted by molar-refractivity contribution is 7.80. The molecular weight excluding hydrogens is 196 g/mol.